The van der Waals surface area contributed by atoms with Gasteiger partial charge in [0.15, 0.2) is 6.29 Å². The molecule has 1 N–H and O–H groups in total. The number of allylic oxidation sites excluding steroid dienone is 3. The fourth-order valence-electron chi connectivity index (χ4n) is 1.05. The van der Waals surface area contributed by atoms with E-state index in [4.69, 9.17) is 5.11 Å². The number of carbonyl (C=O) groups excluding carboxylic acids is 1. The van der Waals surface area contributed by atoms with Gasteiger partial charge < -0.3 is 5.11 Å². The predicted molar refractivity (Wildman–Crippen MR) is 38.7 cm³/mol. The van der Waals surface area contributed by atoms with Gasteiger partial charge >= 0.3 is 0 Å². The summed E-state index contributed by atoms with van der Waals surface area (Å²) >= 11 is 0. The van der Waals surface area contributed by atoms with Crippen LogP contribution in [0.5, 0.6) is 0 Å². The average Bonchev–Trinajstić information content (AvgIpc) is 1.88. The quantitative estimate of drug-likeness (QED) is 0.560. The van der Waals surface area contributed by atoms with Gasteiger partial charge in [0.2, 0.25) is 0 Å². The molecular formula is C8H10O2. The molecule has 10 heavy (non-hydrogen) atoms. The molecule has 0 unspecified atom stereocenters. The molecular weight excluding hydrogens is 128 g/mol. The molecule has 0 radical (unpaired) electrons. The first kappa shape index (κ1) is 7.06. The number of carbonyl (C=O) groups is 1. The largest absolute Gasteiger partial charge is 0.508 e. The molecule has 0 amide bonds. The molecule has 2 nitrogen and oxygen atoms in total. The molecule has 0 aliphatic heterocycles. The zero-order chi connectivity index (χ0) is 7.56. The Balaban J connectivity index is 2.97. The summed E-state index contributed by atoms with van der Waals surface area (Å²) in [6.07, 6.45) is 4.12. The van der Waals surface area contributed by atoms with Crippen molar-refractivity contribution in [3.63, 3.8) is 0 Å². The van der Waals surface area contributed by atoms with E-state index in [9.17, 15) is 4.79 Å². The fourth-order valence-corrected chi connectivity index (χ4v) is 1.05. The molecule has 1 aliphatic rings. The first-order chi connectivity index (χ1) is 4.75. The summed E-state index contributed by atoms with van der Waals surface area (Å²) in [5.74, 6) is 0.138. The lowest BCUT2D eigenvalue weighted by atomic mass is 9.98. The third-order valence-corrected chi connectivity index (χ3v) is 1.71. The molecule has 0 aromatic heterocycles. The Kier molecular flexibility index (Phi) is 1.90. The van der Waals surface area contributed by atoms with Gasteiger partial charge in [-0.3, -0.25) is 4.79 Å². The van der Waals surface area contributed by atoms with Gasteiger partial charge in [-0.25, -0.2) is 0 Å². The third-order valence-electron chi connectivity index (χ3n) is 1.71. The second-order valence-corrected chi connectivity index (χ2v) is 2.44. The van der Waals surface area contributed by atoms with Crippen LogP contribution in [0.15, 0.2) is 23.0 Å². The van der Waals surface area contributed by atoms with E-state index in [1.165, 1.54) is 0 Å². The number of aliphatic hydroxyl groups excluding tert-OH is 1. The lowest BCUT2D eigenvalue weighted by molar-refractivity contribution is -0.105. The first-order valence-corrected chi connectivity index (χ1v) is 3.30. The lowest BCUT2D eigenvalue weighted by Gasteiger charge is -2.09. The highest BCUT2D eigenvalue weighted by atomic mass is 16.3. The van der Waals surface area contributed by atoms with Crippen LogP contribution in [-0.2, 0) is 4.79 Å². The van der Waals surface area contributed by atoms with E-state index in [0.29, 0.717) is 11.9 Å². The van der Waals surface area contributed by atoms with E-state index in [-0.39, 0.29) is 5.76 Å². The Morgan fingerprint density at radius 1 is 1.70 bits per heavy atom. The van der Waals surface area contributed by atoms with E-state index < -0.39 is 0 Å². The minimum atomic E-state index is 0.138. The van der Waals surface area contributed by atoms with E-state index >= 15 is 0 Å². The topological polar surface area (TPSA) is 37.3 Å². The molecule has 0 bridgehead atoms. The van der Waals surface area contributed by atoms with Gasteiger partial charge in [0.25, 0.3) is 0 Å². The SMILES string of the molecule is CC1=C(C=O)C(O)=CCC1. The standard InChI is InChI=1S/C8H10O2/c1-6-3-2-4-8(10)7(6)5-9/h4-5,10H,2-3H2,1H3. The van der Waals surface area contributed by atoms with Crippen molar-refractivity contribution in [2.45, 2.75) is 19.8 Å². The Bertz CT molecular complexity index is 211. The van der Waals surface area contributed by atoms with Crippen LogP contribution < -0.4 is 0 Å². The summed E-state index contributed by atoms with van der Waals surface area (Å²) in [4.78, 5) is 10.3. The zero-order valence-electron chi connectivity index (χ0n) is 5.92. The molecule has 2 heteroatoms. The van der Waals surface area contributed by atoms with Crippen LogP contribution in [0.1, 0.15) is 19.8 Å². The van der Waals surface area contributed by atoms with Gasteiger partial charge in [-0.15, -0.1) is 0 Å². The van der Waals surface area contributed by atoms with E-state index in [0.717, 1.165) is 18.4 Å². The number of hydrogen-bond donors (Lipinski definition) is 1. The van der Waals surface area contributed by atoms with E-state index in [1.54, 1.807) is 6.08 Å². The van der Waals surface area contributed by atoms with Gasteiger partial charge in [-0.2, -0.15) is 0 Å². The molecule has 0 fully saturated rings. The summed E-state index contributed by atoms with van der Waals surface area (Å²) in [5.41, 5.74) is 1.45. The molecule has 0 saturated heterocycles. The van der Waals surface area contributed by atoms with Gasteiger partial charge in [0.05, 0.1) is 5.57 Å². The summed E-state index contributed by atoms with van der Waals surface area (Å²) in [5, 5.41) is 9.11. The maximum atomic E-state index is 10.3. The fraction of sp³-hybridized carbons (Fsp3) is 0.375. The highest BCUT2D eigenvalue weighted by Gasteiger charge is 2.10. The van der Waals surface area contributed by atoms with Crippen LogP contribution in [0.25, 0.3) is 0 Å². The van der Waals surface area contributed by atoms with Crippen molar-refractivity contribution in [3.8, 4) is 0 Å². The van der Waals surface area contributed by atoms with Crippen molar-refractivity contribution in [2.75, 3.05) is 0 Å². The first-order valence-electron chi connectivity index (χ1n) is 3.30. The Morgan fingerprint density at radius 3 is 2.80 bits per heavy atom. The maximum Gasteiger partial charge on any atom is 0.153 e. The van der Waals surface area contributed by atoms with E-state index in [1.807, 2.05) is 6.92 Å². The molecule has 1 rings (SSSR count). The van der Waals surface area contributed by atoms with Crippen LogP contribution in [-0.4, -0.2) is 11.4 Å². The number of aldehydes is 1. The molecule has 0 aromatic carbocycles. The number of aliphatic hydroxyl groups is 1. The van der Waals surface area contributed by atoms with Crippen molar-refractivity contribution >= 4 is 6.29 Å². The molecule has 1 aliphatic carbocycles. The third kappa shape index (κ3) is 1.10. The summed E-state index contributed by atoms with van der Waals surface area (Å²) in [7, 11) is 0. The minimum absolute atomic E-state index is 0.138. The van der Waals surface area contributed by atoms with Crippen LogP contribution in [0.3, 0.4) is 0 Å². The van der Waals surface area contributed by atoms with Gasteiger partial charge in [-0.05, 0) is 25.8 Å². The molecule has 0 atom stereocenters. The normalized spacial score (nSPS) is 18.7. The molecule has 0 spiro atoms. The van der Waals surface area contributed by atoms with Gasteiger partial charge in [0, 0.05) is 0 Å². The minimum Gasteiger partial charge on any atom is -0.508 e. The molecule has 0 saturated carbocycles. The second kappa shape index (κ2) is 2.69. The van der Waals surface area contributed by atoms with Crippen LogP contribution in [0.2, 0.25) is 0 Å². The number of hydrogen-bond acceptors (Lipinski definition) is 2. The Labute approximate surface area is 59.9 Å². The monoisotopic (exact) mass is 138 g/mol. The second-order valence-electron chi connectivity index (χ2n) is 2.44. The van der Waals surface area contributed by atoms with Crippen molar-refractivity contribution in [1.29, 1.82) is 0 Å². The highest BCUT2D eigenvalue weighted by molar-refractivity contribution is 5.80. The van der Waals surface area contributed by atoms with Gasteiger partial charge in [0.1, 0.15) is 5.76 Å². The van der Waals surface area contributed by atoms with Crippen molar-refractivity contribution in [1.82, 2.24) is 0 Å². The zero-order valence-corrected chi connectivity index (χ0v) is 5.92. The summed E-state index contributed by atoms with van der Waals surface area (Å²) in [6, 6.07) is 0. The Morgan fingerprint density at radius 2 is 2.40 bits per heavy atom. The van der Waals surface area contributed by atoms with E-state index in [2.05, 4.69) is 0 Å². The predicted octanol–water partition coefficient (Wildman–Crippen LogP) is 1.74. The van der Waals surface area contributed by atoms with Crippen molar-refractivity contribution in [2.24, 2.45) is 0 Å². The summed E-state index contributed by atoms with van der Waals surface area (Å²) in [6.45, 7) is 1.87. The maximum absolute atomic E-state index is 10.3. The van der Waals surface area contributed by atoms with Gasteiger partial charge in [-0.1, -0.05) is 5.57 Å². The Hall–Kier alpha value is -1.05. The average molecular weight is 138 g/mol. The van der Waals surface area contributed by atoms with Crippen molar-refractivity contribution < 1.29 is 9.90 Å². The van der Waals surface area contributed by atoms with Crippen molar-refractivity contribution in [3.05, 3.63) is 23.0 Å². The lowest BCUT2D eigenvalue weighted by Crippen LogP contribution is -1.99. The smallest absolute Gasteiger partial charge is 0.153 e. The van der Waals surface area contributed by atoms with Crippen LogP contribution in [0, 0.1) is 0 Å². The molecule has 0 heterocycles. The summed E-state index contributed by atoms with van der Waals surface area (Å²) < 4.78 is 0. The van der Waals surface area contributed by atoms with Crippen LogP contribution in [0.4, 0.5) is 0 Å². The molecule has 0 aromatic rings. The molecule has 54 valence electrons. The number of rotatable bonds is 1. The van der Waals surface area contributed by atoms with Crippen LogP contribution >= 0.6 is 0 Å². The highest BCUT2D eigenvalue weighted by Crippen LogP contribution is 2.20.